The fourth-order valence-electron chi connectivity index (χ4n) is 5.55. The van der Waals surface area contributed by atoms with Gasteiger partial charge in [-0.1, -0.05) is 151 Å². The van der Waals surface area contributed by atoms with Crippen LogP contribution in [0.5, 0.6) is 0 Å². The number of ether oxygens (including phenoxy) is 2. The molecule has 0 radical (unpaired) electrons. The van der Waals surface area contributed by atoms with E-state index in [1.54, 1.807) is 0 Å². The second-order valence-corrected chi connectivity index (χ2v) is 17.1. The smallest absolute Gasteiger partial charge is 0.306 e. The van der Waals surface area contributed by atoms with E-state index in [1.807, 2.05) is 21.1 Å². The standard InChI is InChI=1S/C47H84NO7P/c1-6-8-10-12-14-16-18-20-22-23-24-25-26-28-30-32-34-36-38-40-47(49)55-46(45-54-56(50,51)53-43-41-48(3,4)5)44-52-42-39-37-35-33-31-29-27-21-19-17-15-13-11-9-7-2/h8,10,13-16,19-22,24-25,46H,6-7,9,11-12,17-18,23,26-45H2,1-5H3/b10-8-,15-13-,16-14-,21-19-,22-20-,25-24-. The lowest BCUT2D eigenvalue weighted by Gasteiger charge is -2.28. The molecule has 8 nitrogen and oxygen atoms in total. The van der Waals surface area contributed by atoms with Gasteiger partial charge in [-0.25, -0.2) is 0 Å². The highest BCUT2D eigenvalue weighted by Crippen LogP contribution is 2.38. The number of hydrogen-bond donors (Lipinski definition) is 0. The van der Waals surface area contributed by atoms with Crippen LogP contribution in [0.25, 0.3) is 0 Å². The summed E-state index contributed by atoms with van der Waals surface area (Å²) in [5.74, 6) is -0.355. The number of likely N-dealkylation sites (N-methyl/N-ethyl adjacent to an activating group) is 1. The molecule has 0 aromatic carbocycles. The number of carbonyl (C=O) groups excluding carboxylic acids is 1. The summed E-state index contributed by atoms with van der Waals surface area (Å²) in [7, 11) is 1.33. The molecular formula is C47H84NO7P. The number of nitrogens with zero attached hydrogens (tertiary/aromatic N) is 1. The number of hydrogen-bond acceptors (Lipinski definition) is 7. The third-order valence-corrected chi connectivity index (χ3v) is 9.96. The summed E-state index contributed by atoms with van der Waals surface area (Å²) in [5.41, 5.74) is 0. The minimum absolute atomic E-state index is 0.0170. The molecular weight excluding hydrogens is 721 g/mol. The first-order valence-corrected chi connectivity index (χ1v) is 23.6. The van der Waals surface area contributed by atoms with Crippen molar-refractivity contribution in [2.24, 2.45) is 0 Å². The van der Waals surface area contributed by atoms with Gasteiger partial charge in [-0.3, -0.25) is 9.36 Å². The predicted molar refractivity (Wildman–Crippen MR) is 235 cm³/mol. The molecule has 0 aromatic heterocycles. The maximum Gasteiger partial charge on any atom is 0.306 e. The second-order valence-electron chi connectivity index (χ2n) is 15.7. The molecule has 0 spiro atoms. The third kappa shape index (κ3) is 43.1. The predicted octanol–water partition coefficient (Wildman–Crippen LogP) is 12.5. The van der Waals surface area contributed by atoms with E-state index in [0.29, 0.717) is 24.1 Å². The molecule has 0 bridgehead atoms. The zero-order valence-electron chi connectivity index (χ0n) is 36.6. The Morgan fingerprint density at radius 2 is 1.04 bits per heavy atom. The van der Waals surface area contributed by atoms with Gasteiger partial charge in [-0.15, -0.1) is 0 Å². The summed E-state index contributed by atoms with van der Waals surface area (Å²) in [6.45, 7) is 5.20. The number of quaternary nitrogens is 1. The minimum atomic E-state index is -4.54. The van der Waals surface area contributed by atoms with Crippen molar-refractivity contribution in [1.29, 1.82) is 0 Å². The number of allylic oxidation sites excluding steroid dienone is 12. The topological polar surface area (TPSA) is 94.1 Å². The average Bonchev–Trinajstić information content (AvgIpc) is 3.15. The molecule has 0 amide bonds. The molecule has 2 atom stereocenters. The highest BCUT2D eigenvalue weighted by molar-refractivity contribution is 7.45. The van der Waals surface area contributed by atoms with Crippen LogP contribution in [0.3, 0.4) is 0 Å². The highest BCUT2D eigenvalue weighted by Gasteiger charge is 2.20. The van der Waals surface area contributed by atoms with Crippen molar-refractivity contribution in [2.75, 3.05) is 54.1 Å². The number of carbonyl (C=O) groups is 1. The van der Waals surface area contributed by atoms with Gasteiger partial charge in [0.1, 0.15) is 19.3 Å². The van der Waals surface area contributed by atoms with Crippen LogP contribution in [0.2, 0.25) is 0 Å². The van der Waals surface area contributed by atoms with Crippen molar-refractivity contribution in [1.82, 2.24) is 0 Å². The largest absolute Gasteiger partial charge is 0.756 e. The molecule has 0 saturated carbocycles. The number of phosphoric ester groups is 1. The molecule has 0 rings (SSSR count). The number of esters is 1. The summed E-state index contributed by atoms with van der Waals surface area (Å²) in [5, 5.41) is 0. The molecule has 0 aliphatic heterocycles. The van der Waals surface area contributed by atoms with Crippen LogP contribution >= 0.6 is 7.82 Å². The Hall–Kier alpha value is -2.06. The molecule has 0 aliphatic carbocycles. The minimum Gasteiger partial charge on any atom is -0.756 e. The van der Waals surface area contributed by atoms with Gasteiger partial charge in [0.25, 0.3) is 7.82 Å². The lowest BCUT2D eigenvalue weighted by atomic mass is 10.1. The maximum absolute atomic E-state index is 12.7. The Labute approximate surface area is 344 Å². The van der Waals surface area contributed by atoms with E-state index in [4.69, 9.17) is 18.5 Å². The molecule has 56 heavy (non-hydrogen) atoms. The van der Waals surface area contributed by atoms with Crippen LogP contribution in [-0.4, -0.2) is 70.7 Å². The first-order chi connectivity index (χ1) is 27.1. The number of phosphoric acid groups is 1. The van der Waals surface area contributed by atoms with Crippen LogP contribution in [-0.2, 0) is 27.9 Å². The molecule has 9 heteroatoms. The number of unbranched alkanes of at least 4 members (excludes halogenated alkanes) is 14. The van der Waals surface area contributed by atoms with Crippen LogP contribution < -0.4 is 4.89 Å². The molecule has 0 heterocycles. The van der Waals surface area contributed by atoms with Gasteiger partial charge in [0, 0.05) is 13.0 Å². The number of rotatable bonds is 40. The zero-order valence-corrected chi connectivity index (χ0v) is 37.5. The van der Waals surface area contributed by atoms with E-state index in [2.05, 4.69) is 86.8 Å². The van der Waals surface area contributed by atoms with Crippen molar-refractivity contribution in [2.45, 2.75) is 168 Å². The molecule has 2 unspecified atom stereocenters. The summed E-state index contributed by atoms with van der Waals surface area (Å²) in [6.07, 6.45) is 50.5. The fourth-order valence-corrected chi connectivity index (χ4v) is 6.28. The third-order valence-electron chi connectivity index (χ3n) is 8.99. The van der Waals surface area contributed by atoms with Crippen molar-refractivity contribution in [3.05, 3.63) is 72.9 Å². The normalized spacial score (nSPS) is 14.5. The SMILES string of the molecule is CC/C=C\C/C=C\C/C=C\C/C=C\CCCCCCCCC(=O)OC(COCCCCCCCC/C=C\C/C=C\CCCC)COP(=O)([O-])OCC[N+](C)(C)C. The second kappa shape index (κ2) is 39.8. The van der Waals surface area contributed by atoms with Gasteiger partial charge in [0.2, 0.25) is 0 Å². The summed E-state index contributed by atoms with van der Waals surface area (Å²) >= 11 is 0. The Kier molecular flexibility index (Phi) is 38.3. The average molecular weight is 806 g/mol. The van der Waals surface area contributed by atoms with Crippen LogP contribution in [0, 0.1) is 0 Å². The van der Waals surface area contributed by atoms with Gasteiger partial charge < -0.3 is 27.9 Å². The molecule has 0 aliphatic rings. The van der Waals surface area contributed by atoms with E-state index in [0.717, 1.165) is 89.9 Å². The van der Waals surface area contributed by atoms with Gasteiger partial charge >= 0.3 is 5.97 Å². The molecule has 0 saturated heterocycles. The molecule has 324 valence electrons. The van der Waals surface area contributed by atoms with E-state index in [-0.39, 0.29) is 25.8 Å². The van der Waals surface area contributed by atoms with E-state index < -0.39 is 13.9 Å². The maximum atomic E-state index is 12.7. The van der Waals surface area contributed by atoms with Gasteiger partial charge in [-0.2, -0.15) is 0 Å². The summed E-state index contributed by atoms with van der Waals surface area (Å²) in [6, 6.07) is 0. The Bertz CT molecular complexity index is 1120. The summed E-state index contributed by atoms with van der Waals surface area (Å²) < 4.78 is 34.6. The van der Waals surface area contributed by atoms with Crippen LogP contribution in [0.15, 0.2) is 72.9 Å². The van der Waals surface area contributed by atoms with Crippen molar-refractivity contribution in [3.8, 4) is 0 Å². The fraction of sp³-hybridized carbons (Fsp3) is 0.723. The summed E-state index contributed by atoms with van der Waals surface area (Å²) in [4.78, 5) is 25.1. The Balaban J connectivity index is 4.29. The molecule has 0 N–H and O–H groups in total. The van der Waals surface area contributed by atoms with E-state index >= 15 is 0 Å². The van der Waals surface area contributed by atoms with Crippen molar-refractivity contribution < 1.29 is 37.3 Å². The van der Waals surface area contributed by atoms with E-state index in [1.165, 1.54) is 51.4 Å². The zero-order chi connectivity index (χ0) is 41.3. The Morgan fingerprint density at radius 1 is 0.571 bits per heavy atom. The first kappa shape index (κ1) is 53.9. The lowest BCUT2D eigenvalue weighted by Crippen LogP contribution is -2.37. The van der Waals surface area contributed by atoms with E-state index in [9.17, 15) is 14.3 Å². The highest BCUT2D eigenvalue weighted by atomic mass is 31.2. The van der Waals surface area contributed by atoms with Gasteiger partial charge in [0.15, 0.2) is 0 Å². The van der Waals surface area contributed by atoms with Crippen molar-refractivity contribution >= 4 is 13.8 Å². The first-order valence-electron chi connectivity index (χ1n) is 22.2. The lowest BCUT2D eigenvalue weighted by molar-refractivity contribution is -0.870. The monoisotopic (exact) mass is 806 g/mol. The molecule has 0 fully saturated rings. The Morgan fingerprint density at radius 3 is 1.55 bits per heavy atom. The quantitative estimate of drug-likeness (QED) is 0.0200. The van der Waals surface area contributed by atoms with Crippen molar-refractivity contribution in [3.63, 3.8) is 0 Å². The van der Waals surface area contributed by atoms with Crippen LogP contribution in [0.4, 0.5) is 0 Å². The molecule has 0 aromatic rings. The van der Waals surface area contributed by atoms with Crippen LogP contribution in [0.1, 0.15) is 162 Å². The van der Waals surface area contributed by atoms with Gasteiger partial charge in [-0.05, 0) is 77.0 Å². The van der Waals surface area contributed by atoms with Gasteiger partial charge in [0.05, 0.1) is 34.4 Å².